The summed E-state index contributed by atoms with van der Waals surface area (Å²) in [6, 6.07) is 7.22. The van der Waals surface area contributed by atoms with Crippen molar-refractivity contribution in [1.29, 1.82) is 0 Å². The second kappa shape index (κ2) is 10.0. The lowest BCUT2D eigenvalue weighted by atomic mass is 10.1. The largest absolute Gasteiger partial charge is 0.297 e. The highest BCUT2D eigenvalue weighted by Gasteiger charge is 2.21. The molecule has 1 aromatic rings. The van der Waals surface area contributed by atoms with E-state index < -0.39 is 10.1 Å². The Hall–Kier alpha value is -0.870. The van der Waals surface area contributed by atoms with Crippen LogP contribution in [0.3, 0.4) is 0 Å². The van der Waals surface area contributed by atoms with Crippen LogP contribution in [0.2, 0.25) is 0 Å². The monoisotopic (exact) mass is 326 g/mol. The predicted molar refractivity (Wildman–Crippen MR) is 91.5 cm³/mol. The van der Waals surface area contributed by atoms with Crippen molar-refractivity contribution < 1.29 is 12.6 Å². The number of unbranched alkanes of at least 4 members (excludes halogenated alkanes) is 5. The molecule has 126 valence electrons. The van der Waals surface area contributed by atoms with Crippen LogP contribution < -0.4 is 0 Å². The highest BCUT2D eigenvalue weighted by Crippen LogP contribution is 2.22. The Morgan fingerprint density at radius 1 is 1.00 bits per heavy atom. The standard InChI is InChI=1S/C18H30O3S/c1-4-6-7-8-9-10-13-17-14-11-12-15-18(17)22(19,20)21-16(3)5-2/h11-12,14-16H,4-10,13H2,1-3H3. The molecule has 0 amide bonds. The van der Waals surface area contributed by atoms with Gasteiger partial charge in [-0.25, -0.2) is 0 Å². The number of aryl methyl sites for hydroxylation is 1. The van der Waals surface area contributed by atoms with Gasteiger partial charge < -0.3 is 0 Å². The maximum absolute atomic E-state index is 12.4. The van der Waals surface area contributed by atoms with E-state index in [4.69, 9.17) is 4.18 Å². The quantitative estimate of drug-likeness (QED) is 0.420. The van der Waals surface area contributed by atoms with Gasteiger partial charge in [-0.05, 0) is 37.8 Å². The molecule has 1 atom stereocenters. The van der Waals surface area contributed by atoms with Crippen LogP contribution in [0.5, 0.6) is 0 Å². The molecule has 4 heteroatoms. The van der Waals surface area contributed by atoms with Crippen molar-refractivity contribution in [2.75, 3.05) is 0 Å². The minimum absolute atomic E-state index is 0.285. The molecule has 0 bridgehead atoms. The Balaban J connectivity index is 2.65. The minimum Gasteiger partial charge on any atom is -0.263 e. The summed E-state index contributed by atoms with van der Waals surface area (Å²) in [4.78, 5) is 0.337. The highest BCUT2D eigenvalue weighted by molar-refractivity contribution is 7.86. The van der Waals surface area contributed by atoms with E-state index in [0.29, 0.717) is 11.3 Å². The number of benzene rings is 1. The first-order valence-electron chi connectivity index (χ1n) is 8.52. The molecule has 0 N–H and O–H groups in total. The van der Waals surface area contributed by atoms with E-state index in [1.807, 2.05) is 19.1 Å². The second-order valence-corrected chi connectivity index (χ2v) is 7.44. The highest BCUT2D eigenvalue weighted by atomic mass is 32.2. The zero-order chi connectivity index (χ0) is 16.4. The van der Waals surface area contributed by atoms with Crippen LogP contribution in [0.4, 0.5) is 0 Å². The zero-order valence-corrected chi connectivity index (χ0v) is 15.0. The third-order valence-electron chi connectivity index (χ3n) is 3.91. The number of rotatable bonds is 11. The van der Waals surface area contributed by atoms with Gasteiger partial charge in [0.1, 0.15) is 0 Å². The van der Waals surface area contributed by atoms with Gasteiger partial charge in [-0.1, -0.05) is 64.2 Å². The molecule has 0 spiro atoms. The lowest BCUT2D eigenvalue weighted by Gasteiger charge is -2.14. The lowest BCUT2D eigenvalue weighted by Crippen LogP contribution is -2.16. The molecule has 1 aromatic carbocycles. The van der Waals surface area contributed by atoms with Crippen LogP contribution in [0.1, 0.15) is 71.3 Å². The maximum atomic E-state index is 12.4. The Morgan fingerprint density at radius 3 is 2.32 bits per heavy atom. The lowest BCUT2D eigenvalue weighted by molar-refractivity contribution is 0.224. The van der Waals surface area contributed by atoms with Crippen molar-refractivity contribution in [3.05, 3.63) is 29.8 Å². The molecule has 0 aliphatic carbocycles. The van der Waals surface area contributed by atoms with E-state index in [1.165, 1.54) is 25.7 Å². The smallest absolute Gasteiger partial charge is 0.263 e. The summed E-state index contributed by atoms with van der Waals surface area (Å²) in [5, 5.41) is 0. The topological polar surface area (TPSA) is 43.4 Å². The van der Waals surface area contributed by atoms with Crippen LogP contribution in [0.15, 0.2) is 29.2 Å². The fourth-order valence-electron chi connectivity index (χ4n) is 2.39. The number of hydrogen-bond donors (Lipinski definition) is 0. The normalized spacial score (nSPS) is 13.2. The minimum atomic E-state index is -3.65. The van der Waals surface area contributed by atoms with Gasteiger partial charge in [-0.2, -0.15) is 8.42 Å². The first-order chi connectivity index (χ1) is 10.5. The average molecular weight is 327 g/mol. The molecule has 0 aliphatic rings. The van der Waals surface area contributed by atoms with E-state index in [9.17, 15) is 8.42 Å². The van der Waals surface area contributed by atoms with Crippen LogP contribution in [-0.2, 0) is 20.7 Å². The Labute approximate surface area is 136 Å². The van der Waals surface area contributed by atoms with Crippen LogP contribution >= 0.6 is 0 Å². The van der Waals surface area contributed by atoms with Crippen molar-refractivity contribution in [3.63, 3.8) is 0 Å². The Bertz CT molecular complexity index is 523. The van der Waals surface area contributed by atoms with Gasteiger partial charge in [0.15, 0.2) is 0 Å². The van der Waals surface area contributed by atoms with E-state index in [0.717, 1.165) is 24.8 Å². The first-order valence-corrected chi connectivity index (χ1v) is 9.93. The van der Waals surface area contributed by atoms with Gasteiger partial charge in [0.25, 0.3) is 10.1 Å². The number of hydrogen-bond acceptors (Lipinski definition) is 3. The molecular weight excluding hydrogens is 296 g/mol. The SMILES string of the molecule is CCCCCCCCc1ccccc1S(=O)(=O)OC(C)CC. The third-order valence-corrected chi connectivity index (χ3v) is 5.43. The molecule has 0 saturated carbocycles. The maximum Gasteiger partial charge on any atom is 0.297 e. The van der Waals surface area contributed by atoms with Gasteiger partial charge in [0, 0.05) is 0 Å². The van der Waals surface area contributed by atoms with Gasteiger partial charge in [0.2, 0.25) is 0 Å². The molecule has 0 fully saturated rings. The van der Waals surface area contributed by atoms with E-state index in [-0.39, 0.29) is 6.10 Å². The molecule has 0 aromatic heterocycles. The molecule has 1 unspecified atom stereocenters. The Morgan fingerprint density at radius 2 is 1.64 bits per heavy atom. The third kappa shape index (κ3) is 6.49. The second-order valence-electron chi connectivity index (χ2n) is 5.89. The summed E-state index contributed by atoms with van der Waals surface area (Å²) in [7, 11) is -3.65. The summed E-state index contributed by atoms with van der Waals surface area (Å²) in [6.45, 7) is 5.91. The van der Waals surface area contributed by atoms with Crippen molar-refractivity contribution in [3.8, 4) is 0 Å². The van der Waals surface area contributed by atoms with Gasteiger partial charge >= 0.3 is 0 Å². The van der Waals surface area contributed by atoms with Crippen molar-refractivity contribution in [2.24, 2.45) is 0 Å². The molecule has 0 heterocycles. The first kappa shape index (κ1) is 19.2. The van der Waals surface area contributed by atoms with Crippen molar-refractivity contribution in [1.82, 2.24) is 0 Å². The van der Waals surface area contributed by atoms with Crippen LogP contribution in [0, 0.1) is 0 Å². The summed E-state index contributed by atoms with van der Waals surface area (Å²) in [6.07, 6.45) is 8.40. The Kier molecular flexibility index (Phi) is 8.72. The molecular formula is C18H30O3S. The van der Waals surface area contributed by atoms with Crippen LogP contribution in [0.25, 0.3) is 0 Å². The fraction of sp³-hybridized carbons (Fsp3) is 0.667. The molecule has 0 saturated heterocycles. The molecule has 1 rings (SSSR count). The summed E-state index contributed by atoms with van der Waals surface area (Å²) in [5.41, 5.74) is 0.876. The van der Waals surface area contributed by atoms with Gasteiger partial charge in [-0.15, -0.1) is 0 Å². The van der Waals surface area contributed by atoms with Crippen molar-refractivity contribution in [2.45, 2.75) is 83.1 Å². The summed E-state index contributed by atoms with van der Waals surface area (Å²) < 4.78 is 30.0. The van der Waals surface area contributed by atoms with E-state index in [2.05, 4.69) is 6.92 Å². The van der Waals surface area contributed by atoms with Crippen molar-refractivity contribution >= 4 is 10.1 Å². The van der Waals surface area contributed by atoms with Crippen LogP contribution in [-0.4, -0.2) is 14.5 Å². The van der Waals surface area contributed by atoms with Gasteiger partial charge in [0.05, 0.1) is 11.0 Å². The van der Waals surface area contributed by atoms with E-state index in [1.54, 1.807) is 19.1 Å². The average Bonchev–Trinajstić information content (AvgIpc) is 2.50. The van der Waals surface area contributed by atoms with E-state index >= 15 is 0 Å². The molecule has 0 aliphatic heterocycles. The predicted octanol–water partition coefficient (Wildman–Crippen LogP) is 5.09. The summed E-state index contributed by atoms with van der Waals surface area (Å²) >= 11 is 0. The molecule has 22 heavy (non-hydrogen) atoms. The zero-order valence-electron chi connectivity index (χ0n) is 14.2. The molecule has 3 nitrogen and oxygen atoms in total. The fourth-order valence-corrected chi connectivity index (χ4v) is 3.79. The van der Waals surface area contributed by atoms with Gasteiger partial charge in [-0.3, -0.25) is 4.18 Å². The summed E-state index contributed by atoms with van der Waals surface area (Å²) in [5.74, 6) is 0. The molecule has 0 radical (unpaired) electrons.